The maximum absolute atomic E-state index is 13.6. The van der Waals surface area contributed by atoms with E-state index in [0.29, 0.717) is 38.8 Å². The van der Waals surface area contributed by atoms with Crippen molar-refractivity contribution >= 4 is 11.9 Å². The Morgan fingerprint density at radius 1 is 1.06 bits per heavy atom. The lowest BCUT2D eigenvalue weighted by Crippen LogP contribution is -2.55. The second-order valence-corrected chi connectivity index (χ2v) is 10.7. The van der Waals surface area contributed by atoms with Crippen molar-refractivity contribution in [2.24, 2.45) is 5.92 Å². The number of carbonyl (C=O) groups excluding carboxylic acids is 2. The summed E-state index contributed by atoms with van der Waals surface area (Å²) < 4.78 is 5.39. The number of carbonyl (C=O) groups is 2. The van der Waals surface area contributed by atoms with E-state index in [1.54, 1.807) is 0 Å². The average molecular weight is 455 g/mol. The predicted octanol–water partition coefficient (Wildman–Crippen LogP) is 2.76. The van der Waals surface area contributed by atoms with Crippen molar-refractivity contribution in [1.82, 2.24) is 19.6 Å². The van der Waals surface area contributed by atoms with Crippen LogP contribution in [0, 0.1) is 5.92 Å². The molecule has 2 aliphatic heterocycles. The van der Waals surface area contributed by atoms with Crippen molar-refractivity contribution in [2.75, 3.05) is 60.0 Å². The minimum atomic E-state index is -0.154. The Bertz CT molecular complexity index is 856. The van der Waals surface area contributed by atoms with E-state index in [2.05, 4.69) is 54.2 Å². The molecule has 180 valence electrons. The number of amides is 3. The lowest BCUT2D eigenvalue weighted by Gasteiger charge is -2.51. The van der Waals surface area contributed by atoms with Crippen LogP contribution >= 0.6 is 0 Å². The molecule has 2 heterocycles. The summed E-state index contributed by atoms with van der Waals surface area (Å²) in [5.41, 5.74) is 1.21. The number of urea groups is 1. The Labute approximate surface area is 197 Å². The third-order valence-corrected chi connectivity index (χ3v) is 8.56. The van der Waals surface area contributed by atoms with E-state index in [4.69, 9.17) is 4.74 Å². The van der Waals surface area contributed by atoms with Crippen LogP contribution in [-0.2, 0) is 15.1 Å². The second-order valence-electron chi connectivity index (χ2n) is 10.7. The molecule has 0 bridgehead atoms. The molecule has 0 N–H and O–H groups in total. The number of morpholine rings is 1. The minimum absolute atomic E-state index is 0.00213. The van der Waals surface area contributed by atoms with Crippen LogP contribution in [0.25, 0.3) is 0 Å². The number of hydrogen-bond acceptors (Lipinski definition) is 4. The van der Waals surface area contributed by atoms with Crippen molar-refractivity contribution in [3.8, 4) is 0 Å². The fourth-order valence-electron chi connectivity index (χ4n) is 6.21. The number of hydrogen-bond donors (Lipinski definition) is 0. The molecule has 0 aromatic heterocycles. The molecule has 3 amide bonds. The molecular formula is C26H38N4O3. The Kier molecular flexibility index (Phi) is 6.12. The molecule has 1 spiro atoms. The van der Waals surface area contributed by atoms with Gasteiger partial charge in [-0.05, 0) is 64.1 Å². The SMILES string of the molecule is CN(C)C1(c2ccccc2)CCC2(CC1)CN(CC(=O)N1CCOCC1)C(=O)N2CC1CC1. The number of nitrogens with zero attached hydrogens (tertiary/aromatic N) is 4. The van der Waals surface area contributed by atoms with Crippen LogP contribution in [0.3, 0.4) is 0 Å². The van der Waals surface area contributed by atoms with Gasteiger partial charge in [0, 0.05) is 31.7 Å². The molecule has 2 saturated carbocycles. The minimum Gasteiger partial charge on any atom is -0.378 e. The molecule has 0 atom stereocenters. The maximum atomic E-state index is 13.6. The highest BCUT2D eigenvalue weighted by molar-refractivity contribution is 5.86. The third kappa shape index (κ3) is 4.26. The molecule has 0 unspecified atom stereocenters. The summed E-state index contributed by atoms with van der Waals surface area (Å²) >= 11 is 0. The summed E-state index contributed by atoms with van der Waals surface area (Å²) in [6.45, 7) is 4.14. The molecule has 7 nitrogen and oxygen atoms in total. The first-order valence-electron chi connectivity index (χ1n) is 12.6. The van der Waals surface area contributed by atoms with Gasteiger partial charge in [0.2, 0.25) is 5.91 Å². The van der Waals surface area contributed by atoms with Gasteiger partial charge in [0.15, 0.2) is 0 Å². The van der Waals surface area contributed by atoms with Crippen LogP contribution in [0.5, 0.6) is 0 Å². The lowest BCUT2D eigenvalue weighted by molar-refractivity contribution is -0.135. The monoisotopic (exact) mass is 454 g/mol. The van der Waals surface area contributed by atoms with Crippen LogP contribution < -0.4 is 0 Å². The van der Waals surface area contributed by atoms with E-state index in [1.807, 2.05) is 9.80 Å². The molecule has 1 aromatic carbocycles. The van der Waals surface area contributed by atoms with E-state index in [1.165, 1.54) is 18.4 Å². The van der Waals surface area contributed by atoms with Crippen LogP contribution in [0.1, 0.15) is 44.1 Å². The molecule has 33 heavy (non-hydrogen) atoms. The average Bonchev–Trinajstić information content (AvgIpc) is 3.63. The summed E-state index contributed by atoms with van der Waals surface area (Å²) in [6.07, 6.45) is 6.42. The number of benzene rings is 1. The zero-order chi connectivity index (χ0) is 23.1. The zero-order valence-corrected chi connectivity index (χ0v) is 20.2. The van der Waals surface area contributed by atoms with Gasteiger partial charge in [-0.25, -0.2) is 4.79 Å². The zero-order valence-electron chi connectivity index (χ0n) is 20.2. The van der Waals surface area contributed by atoms with Crippen LogP contribution in [0.15, 0.2) is 30.3 Å². The van der Waals surface area contributed by atoms with Crippen molar-refractivity contribution in [2.45, 2.75) is 49.6 Å². The van der Waals surface area contributed by atoms with Gasteiger partial charge in [-0.15, -0.1) is 0 Å². The van der Waals surface area contributed by atoms with Crippen LogP contribution in [0.2, 0.25) is 0 Å². The molecule has 7 heteroatoms. The van der Waals surface area contributed by atoms with Gasteiger partial charge >= 0.3 is 6.03 Å². The molecule has 4 fully saturated rings. The van der Waals surface area contributed by atoms with Crippen molar-refractivity contribution in [1.29, 1.82) is 0 Å². The first-order chi connectivity index (χ1) is 15.9. The van der Waals surface area contributed by atoms with Crippen molar-refractivity contribution < 1.29 is 14.3 Å². The summed E-state index contributed by atoms with van der Waals surface area (Å²) in [6, 6.07) is 10.9. The third-order valence-electron chi connectivity index (χ3n) is 8.56. The van der Waals surface area contributed by atoms with Crippen molar-refractivity contribution in [3.05, 3.63) is 35.9 Å². The van der Waals surface area contributed by atoms with E-state index in [9.17, 15) is 9.59 Å². The quantitative estimate of drug-likeness (QED) is 0.663. The largest absolute Gasteiger partial charge is 0.378 e. The summed E-state index contributed by atoms with van der Waals surface area (Å²) in [5.74, 6) is 0.688. The van der Waals surface area contributed by atoms with E-state index in [-0.39, 0.29) is 29.6 Å². The summed E-state index contributed by atoms with van der Waals surface area (Å²) in [4.78, 5) is 34.7. The standard InChI is InChI=1S/C26H38N4O3/c1-27(2)26(22-6-4-3-5-7-22)12-10-25(11-13-26)20-29(24(32)30(25)18-21-8-9-21)19-23(31)28-14-16-33-17-15-28/h3-7,21H,8-20H2,1-2H3. The van der Waals surface area contributed by atoms with Crippen LogP contribution in [0.4, 0.5) is 4.79 Å². The Hall–Kier alpha value is -2.12. The highest BCUT2D eigenvalue weighted by Gasteiger charge is 2.55. The molecule has 2 aliphatic carbocycles. The van der Waals surface area contributed by atoms with Gasteiger partial charge in [-0.3, -0.25) is 9.69 Å². The highest BCUT2D eigenvalue weighted by Crippen LogP contribution is 2.49. The van der Waals surface area contributed by atoms with E-state index >= 15 is 0 Å². The van der Waals surface area contributed by atoms with E-state index < -0.39 is 0 Å². The van der Waals surface area contributed by atoms with Gasteiger partial charge in [0.25, 0.3) is 0 Å². The van der Waals surface area contributed by atoms with Gasteiger partial charge in [-0.2, -0.15) is 0 Å². The van der Waals surface area contributed by atoms with Crippen molar-refractivity contribution in [3.63, 3.8) is 0 Å². The Balaban J connectivity index is 1.34. The first-order valence-corrected chi connectivity index (χ1v) is 12.6. The first kappa shape index (κ1) is 22.7. The van der Waals surface area contributed by atoms with Gasteiger partial charge in [-0.1, -0.05) is 30.3 Å². The molecule has 0 radical (unpaired) electrons. The molecule has 1 aromatic rings. The molecule has 2 saturated heterocycles. The fraction of sp³-hybridized carbons (Fsp3) is 0.692. The fourth-order valence-corrected chi connectivity index (χ4v) is 6.21. The Morgan fingerprint density at radius 2 is 1.73 bits per heavy atom. The Morgan fingerprint density at radius 3 is 2.33 bits per heavy atom. The van der Waals surface area contributed by atoms with Gasteiger partial charge in [0.1, 0.15) is 6.54 Å². The predicted molar refractivity (Wildman–Crippen MR) is 127 cm³/mol. The summed E-state index contributed by atoms with van der Waals surface area (Å²) in [7, 11) is 4.36. The van der Waals surface area contributed by atoms with E-state index in [0.717, 1.165) is 32.2 Å². The second kappa shape index (κ2) is 8.91. The molecule has 4 aliphatic rings. The number of rotatable bonds is 6. The normalized spacial score (nSPS) is 30.5. The smallest absolute Gasteiger partial charge is 0.321 e. The number of ether oxygens (including phenoxy) is 1. The summed E-state index contributed by atoms with van der Waals surface area (Å²) in [5, 5.41) is 0. The highest BCUT2D eigenvalue weighted by atomic mass is 16.5. The molecular weight excluding hydrogens is 416 g/mol. The molecule has 5 rings (SSSR count). The van der Waals surface area contributed by atoms with Crippen LogP contribution in [-0.4, -0.2) is 97.1 Å². The maximum Gasteiger partial charge on any atom is 0.321 e. The van der Waals surface area contributed by atoms with Gasteiger partial charge in [0.05, 0.1) is 18.8 Å². The topological polar surface area (TPSA) is 56.3 Å². The lowest BCUT2D eigenvalue weighted by atomic mass is 9.68. The van der Waals surface area contributed by atoms with Gasteiger partial charge < -0.3 is 19.4 Å².